The van der Waals surface area contributed by atoms with Gasteiger partial charge < -0.3 is 4.74 Å². The summed E-state index contributed by atoms with van der Waals surface area (Å²) in [4.78, 5) is 2.37. The van der Waals surface area contributed by atoms with Crippen LogP contribution in [0.15, 0.2) is 88.9 Å². The van der Waals surface area contributed by atoms with Gasteiger partial charge in [-0.25, -0.2) is 4.83 Å². The van der Waals surface area contributed by atoms with Crippen molar-refractivity contribution in [3.8, 4) is 5.75 Å². The van der Waals surface area contributed by atoms with Crippen LogP contribution in [-0.4, -0.2) is 14.6 Å². The first kappa shape index (κ1) is 18.7. The SMILES string of the molecule is Cc1ccc(COc2ccc(/C=N/NS(=O)(=O)c3ccccc3)cc2)cc1. The molecule has 0 saturated heterocycles. The van der Waals surface area contributed by atoms with Gasteiger partial charge in [0.25, 0.3) is 10.0 Å². The Morgan fingerprint density at radius 3 is 2.26 bits per heavy atom. The summed E-state index contributed by atoms with van der Waals surface area (Å²) in [6, 6.07) is 23.5. The minimum atomic E-state index is -3.65. The van der Waals surface area contributed by atoms with Gasteiger partial charge in [-0.3, -0.25) is 0 Å². The van der Waals surface area contributed by atoms with Gasteiger partial charge in [0.05, 0.1) is 11.1 Å². The molecule has 0 heterocycles. The molecule has 0 aliphatic heterocycles. The highest BCUT2D eigenvalue weighted by molar-refractivity contribution is 7.89. The van der Waals surface area contributed by atoms with E-state index in [2.05, 4.69) is 22.1 Å². The van der Waals surface area contributed by atoms with Crippen LogP contribution in [0.2, 0.25) is 0 Å². The zero-order valence-electron chi connectivity index (χ0n) is 14.9. The van der Waals surface area contributed by atoms with Crippen molar-refractivity contribution in [3.63, 3.8) is 0 Å². The molecule has 3 aromatic carbocycles. The van der Waals surface area contributed by atoms with Crippen molar-refractivity contribution in [2.75, 3.05) is 0 Å². The van der Waals surface area contributed by atoms with Gasteiger partial charge in [-0.15, -0.1) is 0 Å². The zero-order valence-corrected chi connectivity index (χ0v) is 15.7. The molecule has 3 rings (SSSR count). The molecule has 0 fully saturated rings. The molecule has 138 valence electrons. The Morgan fingerprint density at radius 2 is 1.59 bits per heavy atom. The summed E-state index contributed by atoms with van der Waals surface area (Å²) < 4.78 is 29.9. The van der Waals surface area contributed by atoms with Crippen LogP contribution < -0.4 is 9.57 Å². The molecule has 5 nitrogen and oxygen atoms in total. The Bertz CT molecular complexity index is 998. The van der Waals surface area contributed by atoms with Crippen LogP contribution in [0.3, 0.4) is 0 Å². The first-order valence-corrected chi connectivity index (χ1v) is 9.89. The second kappa shape index (κ2) is 8.51. The first-order valence-electron chi connectivity index (χ1n) is 8.41. The monoisotopic (exact) mass is 380 g/mol. The summed E-state index contributed by atoms with van der Waals surface area (Å²) in [7, 11) is -3.65. The Kier molecular flexibility index (Phi) is 5.88. The van der Waals surface area contributed by atoms with Crippen LogP contribution in [0.1, 0.15) is 16.7 Å². The van der Waals surface area contributed by atoms with Crippen molar-refractivity contribution in [2.24, 2.45) is 5.10 Å². The highest BCUT2D eigenvalue weighted by Crippen LogP contribution is 2.14. The van der Waals surface area contributed by atoms with Gasteiger partial charge in [0.2, 0.25) is 0 Å². The second-order valence-corrected chi connectivity index (χ2v) is 7.67. The van der Waals surface area contributed by atoms with Crippen LogP contribution >= 0.6 is 0 Å². The number of ether oxygens (including phenoxy) is 1. The standard InChI is InChI=1S/C21H20N2O3S/c1-17-7-9-19(10-8-17)16-26-20-13-11-18(12-14-20)15-22-23-27(24,25)21-5-3-2-4-6-21/h2-15,23H,16H2,1H3/b22-15+. The van der Waals surface area contributed by atoms with Gasteiger partial charge in [-0.2, -0.15) is 13.5 Å². The Balaban J connectivity index is 1.55. The Labute approximate surface area is 159 Å². The van der Waals surface area contributed by atoms with Gasteiger partial charge in [0.15, 0.2) is 0 Å². The molecule has 3 aromatic rings. The minimum Gasteiger partial charge on any atom is -0.489 e. The van der Waals surface area contributed by atoms with Crippen LogP contribution in [0, 0.1) is 6.92 Å². The van der Waals surface area contributed by atoms with Crippen molar-refractivity contribution in [2.45, 2.75) is 18.4 Å². The lowest BCUT2D eigenvalue weighted by Crippen LogP contribution is -2.18. The number of rotatable bonds is 7. The van der Waals surface area contributed by atoms with Crippen molar-refractivity contribution >= 4 is 16.2 Å². The third-order valence-electron chi connectivity index (χ3n) is 3.85. The fraction of sp³-hybridized carbons (Fsp3) is 0.0952. The van der Waals surface area contributed by atoms with Gasteiger partial charge in [-0.05, 0) is 54.4 Å². The molecular weight excluding hydrogens is 360 g/mol. The molecule has 0 aliphatic rings. The molecule has 27 heavy (non-hydrogen) atoms. The molecule has 1 N–H and O–H groups in total. The van der Waals surface area contributed by atoms with Gasteiger partial charge in [0.1, 0.15) is 12.4 Å². The average molecular weight is 380 g/mol. The topological polar surface area (TPSA) is 67.8 Å². The van der Waals surface area contributed by atoms with E-state index in [-0.39, 0.29) is 4.90 Å². The number of hydrogen-bond donors (Lipinski definition) is 1. The van der Waals surface area contributed by atoms with Crippen molar-refractivity contribution in [1.29, 1.82) is 0 Å². The van der Waals surface area contributed by atoms with E-state index in [0.717, 1.165) is 16.9 Å². The fourth-order valence-corrected chi connectivity index (χ4v) is 3.14. The summed E-state index contributed by atoms with van der Waals surface area (Å²) in [5, 5.41) is 3.82. The summed E-state index contributed by atoms with van der Waals surface area (Å²) in [5.74, 6) is 0.734. The molecule has 0 atom stereocenters. The summed E-state index contributed by atoms with van der Waals surface area (Å²) in [6.07, 6.45) is 1.45. The third kappa shape index (κ3) is 5.43. The first-order chi connectivity index (χ1) is 13.0. The van der Waals surface area contributed by atoms with E-state index in [4.69, 9.17) is 4.74 Å². The van der Waals surface area contributed by atoms with E-state index in [1.54, 1.807) is 18.2 Å². The van der Waals surface area contributed by atoms with Crippen molar-refractivity contribution in [1.82, 2.24) is 4.83 Å². The number of sulfonamides is 1. The molecule has 0 unspecified atom stereocenters. The van der Waals surface area contributed by atoms with E-state index in [0.29, 0.717) is 6.61 Å². The maximum atomic E-state index is 12.1. The lowest BCUT2D eigenvalue weighted by molar-refractivity contribution is 0.306. The fourth-order valence-electron chi connectivity index (χ4n) is 2.32. The summed E-state index contributed by atoms with van der Waals surface area (Å²) >= 11 is 0. The average Bonchev–Trinajstić information content (AvgIpc) is 2.69. The molecule has 0 aromatic heterocycles. The van der Waals surface area contributed by atoms with E-state index in [1.165, 1.54) is 23.9 Å². The van der Waals surface area contributed by atoms with Crippen molar-refractivity contribution in [3.05, 3.63) is 95.6 Å². The molecule has 6 heteroatoms. The van der Waals surface area contributed by atoms with E-state index in [9.17, 15) is 8.42 Å². The highest BCUT2D eigenvalue weighted by Gasteiger charge is 2.10. The lowest BCUT2D eigenvalue weighted by Gasteiger charge is -2.07. The predicted octanol–water partition coefficient (Wildman–Crippen LogP) is 3.89. The van der Waals surface area contributed by atoms with Crippen LogP contribution in [-0.2, 0) is 16.6 Å². The van der Waals surface area contributed by atoms with Crippen LogP contribution in [0.4, 0.5) is 0 Å². The molecule has 0 radical (unpaired) electrons. The zero-order chi connectivity index (χ0) is 19.1. The normalized spacial score (nSPS) is 11.4. The summed E-state index contributed by atoms with van der Waals surface area (Å²) in [6.45, 7) is 2.54. The lowest BCUT2D eigenvalue weighted by atomic mass is 10.2. The maximum Gasteiger partial charge on any atom is 0.276 e. The van der Waals surface area contributed by atoms with Gasteiger partial charge in [0, 0.05) is 0 Å². The van der Waals surface area contributed by atoms with Gasteiger partial charge >= 0.3 is 0 Å². The summed E-state index contributed by atoms with van der Waals surface area (Å²) in [5.41, 5.74) is 3.07. The largest absolute Gasteiger partial charge is 0.489 e. The minimum absolute atomic E-state index is 0.169. The smallest absolute Gasteiger partial charge is 0.276 e. The predicted molar refractivity (Wildman–Crippen MR) is 106 cm³/mol. The van der Waals surface area contributed by atoms with E-state index in [1.807, 2.05) is 43.3 Å². The number of hydrazone groups is 1. The van der Waals surface area contributed by atoms with E-state index >= 15 is 0 Å². The number of hydrogen-bond acceptors (Lipinski definition) is 4. The molecule has 0 aliphatic carbocycles. The maximum absolute atomic E-state index is 12.1. The second-order valence-electron chi connectivity index (χ2n) is 6.01. The molecule has 0 saturated carbocycles. The van der Waals surface area contributed by atoms with Crippen molar-refractivity contribution < 1.29 is 13.2 Å². The number of nitrogens with one attached hydrogen (secondary N) is 1. The molecule has 0 amide bonds. The Hall–Kier alpha value is -3.12. The quantitative estimate of drug-likeness (QED) is 0.499. The molecule has 0 bridgehead atoms. The highest BCUT2D eigenvalue weighted by atomic mass is 32.2. The van der Waals surface area contributed by atoms with E-state index < -0.39 is 10.0 Å². The van der Waals surface area contributed by atoms with Crippen LogP contribution in [0.5, 0.6) is 5.75 Å². The number of nitrogens with zero attached hydrogens (tertiary/aromatic N) is 1. The Morgan fingerprint density at radius 1 is 0.926 bits per heavy atom. The van der Waals surface area contributed by atoms with Crippen LogP contribution in [0.25, 0.3) is 0 Å². The van der Waals surface area contributed by atoms with Gasteiger partial charge in [-0.1, -0.05) is 48.0 Å². The number of aryl methyl sites for hydroxylation is 1. The molecular formula is C21H20N2O3S. The number of benzene rings is 3. The molecule has 0 spiro atoms. The third-order valence-corrected chi connectivity index (χ3v) is 5.08.